The number of unbranched alkanes of at least 4 members (excludes halogenated alkanes) is 6. The van der Waals surface area contributed by atoms with Crippen molar-refractivity contribution in [2.24, 2.45) is 5.92 Å². The van der Waals surface area contributed by atoms with Crippen LogP contribution in [0.4, 0.5) is 0 Å². The lowest BCUT2D eigenvalue weighted by molar-refractivity contribution is -0.166. The van der Waals surface area contributed by atoms with Crippen LogP contribution in [0.1, 0.15) is 110 Å². The maximum absolute atomic E-state index is 12.1. The number of rotatable bonds is 27. The predicted octanol–water partition coefficient (Wildman–Crippen LogP) is 0.865. The molecule has 0 radical (unpaired) electrons. The average Bonchev–Trinajstić information content (AvgIpc) is 3.34. The Hall–Kier alpha value is -4.16. The van der Waals surface area contributed by atoms with Crippen molar-refractivity contribution in [1.29, 1.82) is 0 Å². The Labute approximate surface area is 299 Å². The number of carbonyl (C=O) groups excluding carboxylic acids is 8. The van der Waals surface area contributed by atoms with Gasteiger partial charge in [-0.05, 0) is 57.8 Å². The van der Waals surface area contributed by atoms with Crippen molar-refractivity contribution in [1.82, 2.24) is 36.0 Å². The SMILES string of the molecule is CC(=O)N(O)CCCCCNC(=O)CCC(=O)N(O)CCCCCNC(=O)CCC(=O)N(O)CCCCCNC(=O)CCN1C(=O)CC(C)C1=O. The second-order valence-electron chi connectivity index (χ2n) is 12.6. The summed E-state index contributed by atoms with van der Waals surface area (Å²) in [5.41, 5.74) is 0. The van der Waals surface area contributed by atoms with Gasteiger partial charge in [0.05, 0.1) is 0 Å². The molecule has 1 rings (SSSR count). The summed E-state index contributed by atoms with van der Waals surface area (Å²) in [5, 5.41) is 39.1. The van der Waals surface area contributed by atoms with E-state index in [0.717, 1.165) is 4.90 Å². The topological polar surface area (TPSA) is 246 Å². The van der Waals surface area contributed by atoms with Crippen molar-refractivity contribution >= 4 is 47.3 Å². The first-order chi connectivity index (χ1) is 24.2. The molecule has 1 aliphatic rings. The number of carbonyl (C=O) groups is 8. The molecule has 18 nitrogen and oxygen atoms in total. The number of hydrogen-bond acceptors (Lipinski definition) is 11. The van der Waals surface area contributed by atoms with E-state index in [9.17, 15) is 54.0 Å². The third-order valence-electron chi connectivity index (χ3n) is 8.21. The van der Waals surface area contributed by atoms with Gasteiger partial charge < -0.3 is 16.0 Å². The zero-order valence-corrected chi connectivity index (χ0v) is 30.0. The Morgan fingerprint density at radius 1 is 0.608 bits per heavy atom. The molecule has 1 aliphatic heterocycles. The van der Waals surface area contributed by atoms with E-state index in [-0.39, 0.29) is 100 Å². The second-order valence-corrected chi connectivity index (χ2v) is 12.6. The Morgan fingerprint density at radius 2 is 1.00 bits per heavy atom. The molecular formula is C33H57N7O11. The minimum Gasteiger partial charge on any atom is -0.356 e. The highest BCUT2D eigenvalue weighted by Crippen LogP contribution is 2.18. The van der Waals surface area contributed by atoms with Crippen molar-refractivity contribution < 1.29 is 54.0 Å². The minimum absolute atomic E-state index is 0.0356. The van der Waals surface area contributed by atoms with Gasteiger partial charge in [-0.2, -0.15) is 0 Å². The molecule has 290 valence electrons. The fraction of sp³-hybridized carbons (Fsp3) is 0.758. The van der Waals surface area contributed by atoms with E-state index in [1.54, 1.807) is 6.92 Å². The van der Waals surface area contributed by atoms with Gasteiger partial charge in [0.2, 0.25) is 47.3 Å². The van der Waals surface area contributed by atoms with Crippen molar-refractivity contribution in [3.63, 3.8) is 0 Å². The van der Waals surface area contributed by atoms with E-state index in [1.165, 1.54) is 6.92 Å². The van der Waals surface area contributed by atoms with Gasteiger partial charge >= 0.3 is 0 Å². The first-order valence-corrected chi connectivity index (χ1v) is 17.8. The van der Waals surface area contributed by atoms with Crippen LogP contribution in [0.25, 0.3) is 0 Å². The zero-order valence-electron chi connectivity index (χ0n) is 30.0. The van der Waals surface area contributed by atoms with Gasteiger partial charge in [-0.3, -0.25) is 58.9 Å². The van der Waals surface area contributed by atoms with Gasteiger partial charge in [-0.25, -0.2) is 15.2 Å². The van der Waals surface area contributed by atoms with Crippen LogP contribution >= 0.6 is 0 Å². The molecule has 1 saturated heterocycles. The summed E-state index contributed by atoms with van der Waals surface area (Å²) in [6.07, 6.45) is 5.10. The number of imide groups is 1. The molecule has 0 aromatic rings. The Balaban J connectivity index is 2.00. The molecule has 0 aliphatic carbocycles. The summed E-state index contributed by atoms with van der Waals surface area (Å²) in [5.74, 6) is -3.37. The van der Waals surface area contributed by atoms with Crippen LogP contribution < -0.4 is 16.0 Å². The zero-order chi connectivity index (χ0) is 38.2. The third-order valence-corrected chi connectivity index (χ3v) is 8.21. The highest BCUT2D eigenvalue weighted by molar-refractivity contribution is 6.03. The maximum atomic E-state index is 12.1. The van der Waals surface area contributed by atoms with Gasteiger partial charge in [-0.1, -0.05) is 6.92 Å². The predicted molar refractivity (Wildman–Crippen MR) is 180 cm³/mol. The van der Waals surface area contributed by atoms with E-state index in [4.69, 9.17) is 0 Å². The molecule has 1 atom stereocenters. The molecule has 1 unspecified atom stereocenters. The highest BCUT2D eigenvalue weighted by atomic mass is 16.5. The fourth-order valence-electron chi connectivity index (χ4n) is 5.04. The van der Waals surface area contributed by atoms with Gasteiger partial charge in [-0.15, -0.1) is 0 Å². The van der Waals surface area contributed by atoms with E-state index in [2.05, 4.69) is 16.0 Å². The number of nitrogens with zero attached hydrogens (tertiary/aromatic N) is 4. The van der Waals surface area contributed by atoms with Gasteiger partial charge in [0.25, 0.3) is 0 Å². The Bertz CT molecular complexity index is 1170. The number of amides is 8. The van der Waals surface area contributed by atoms with Crippen molar-refractivity contribution in [3.8, 4) is 0 Å². The highest BCUT2D eigenvalue weighted by Gasteiger charge is 2.35. The molecule has 18 heteroatoms. The summed E-state index contributed by atoms with van der Waals surface area (Å²) in [7, 11) is 0. The van der Waals surface area contributed by atoms with Crippen LogP contribution in [0.2, 0.25) is 0 Å². The van der Waals surface area contributed by atoms with Gasteiger partial charge in [0.15, 0.2) is 0 Å². The average molecular weight is 728 g/mol. The molecular weight excluding hydrogens is 670 g/mol. The second kappa shape index (κ2) is 25.7. The van der Waals surface area contributed by atoms with E-state index in [1.807, 2.05) is 0 Å². The molecule has 0 spiro atoms. The minimum atomic E-state index is -0.582. The molecule has 0 saturated carbocycles. The molecule has 8 amide bonds. The molecule has 51 heavy (non-hydrogen) atoms. The van der Waals surface area contributed by atoms with E-state index >= 15 is 0 Å². The summed E-state index contributed by atoms with van der Waals surface area (Å²) in [6.45, 7) is 4.52. The molecule has 0 aromatic heterocycles. The number of likely N-dealkylation sites (tertiary alicyclic amines) is 1. The number of nitrogens with one attached hydrogen (secondary N) is 3. The van der Waals surface area contributed by atoms with Crippen LogP contribution in [0, 0.1) is 5.92 Å². The molecule has 0 bridgehead atoms. The lowest BCUT2D eigenvalue weighted by Gasteiger charge is -2.15. The Morgan fingerprint density at radius 3 is 1.37 bits per heavy atom. The van der Waals surface area contributed by atoms with E-state index in [0.29, 0.717) is 92.6 Å². The van der Waals surface area contributed by atoms with Gasteiger partial charge in [0.1, 0.15) is 0 Å². The van der Waals surface area contributed by atoms with Crippen molar-refractivity contribution in [2.75, 3.05) is 45.8 Å². The third kappa shape index (κ3) is 20.3. The normalized spacial score (nSPS) is 13.9. The van der Waals surface area contributed by atoms with Gasteiger partial charge in [0, 0.05) is 97.2 Å². The van der Waals surface area contributed by atoms with Crippen LogP contribution in [-0.4, -0.2) is 129 Å². The van der Waals surface area contributed by atoms with Crippen molar-refractivity contribution in [3.05, 3.63) is 0 Å². The summed E-state index contributed by atoms with van der Waals surface area (Å²) < 4.78 is 0. The van der Waals surface area contributed by atoms with Crippen LogP contribution in [-0.2, 0) is 38.4 Å². The number of hydroxylamine groups is 6. The fourth-order valence-corrected chi connectivity index (χ4v) is 5.04. The largest absolute Gasteiger partial charge is 0.356 e. The quantitative estimate of drug-likeness (QED) is 0.0300. The van der Waals surface area contributed by atoms with E-state index < -0.39 is 17.7 Å². The summed E-state index contributed by atoms with van der Waals surface area (Å²) in [4.78, 5) is 95.9. The Kier molecular flexibility index (Phi) is 22.6. The van der Waals surface area contributed by atoms with Crippen LogP contribution in [0.5, 0.6) is 0 Å². The first kappa shape index (κ1) is 44.9. The summed E-state index contributed by atoms with van der Waals surface area (Å²) in [6, 6.07) is 0. The molecule has 0 aromatic carbocycles. The van der Waals surface area contributed by atoms with Crippen LogP contribution in [0.3, 0.4) is 0 Å². The lowest BCUT2D eigenvalue weighted by atomic mass is 10.1. The maximum Gasteiger partial charge on any atom is 0.246 e. The monoisotopic (exact) mass is 727 g/mol. The smallest absolute Gasteiger partial charge is 0.246 e. The lowest BCUT2D eigenvalue weighted by Crippen LogP contribution is -2.35. The molecule has 1 heterocycles. The molecule has 1 fully saturated rings. The summed E-state index contributed by atoms with van der Waals surface area (Å²) >= 11 is 0. The van der Waals surface area contributed by atoms with Crippen molar-refractivity contribution in [2.45, 2.75) is 110 Å². The standard InChI is InChI=1S/C33H57N7O11/c1-25-24-32(47)37(33(25)48)23-16-29(44)36-19-8-5-11-22-40(51)31(46)15-13-28(43)35-18-7-4-10-21-39(50)30(45)14-12-27(42)34-17-6-3-9-20-38(49)26(2)41/h25,49-51H,3-24H2,1-2H3,(H,34,42)(H,35,43)(H,36,44). The first-order valence-electron chi connectivity index (χ1n) is 17.8. The number of hydrogen-bond donors (Lipinski definition) is 6. The molecule has 6 N–H and O–H groups in total. The van der Waals surface area contributed by atoms with Crippen LogP contribution in [0.15, 0.2) is 0 Å².